The Morgan fingerprint density at radius 1 is 1.24 bits per heavy atom. The zero-order valence-corrected chi connectivity index (χ0v) is 11.7. The monoisotopic (exact) mass is 297 g/mol. The molecule has 7 heteroatoms. The first-order valence-corrected chi connectivity index (χ1v) is 6.18. The molecule has 0 fully saturated rings. The quantitative estimate of drug-likeness (QED) is 0.924. The van der Waals surface area contributed by atoms with Gasteiger partial charge in [0.2, 0.25) is 0 Å². The van der Waals surface area contributed by atoms with Gasteiger partial charge in [-0.2, -0.15) is 18.3 Å². The molecule has 1 heterocycles. The van der Waals surface area contributed by atoms with Gasteiger partial charge in [0.15, 0.2) is 5.69 Å². The molecule has 21 heavy (non-hydrogen) atoms. The largest absolute Gasteiger partial charge is 0.435 e. The van der Waals surface area contributed by atoms with E-state index in [4.69, 9.17) is 0 Å². The van der Waals surface area contributed by atoms with Gasteiger partial charge in [-0.3, -0.25) is 9.48 Å². The Balaban J connectivity index is 2.30. The van der Waals surface area contributed by atoms with Crippen molar-refractivity contribution in [2.75, 3.05) is 5.32 Å². The first-order valence-electron chi connectivity index (χ1n) is 6.18. The van der Waals surface area contributed by atoms with Crippen LogP contribution in [0.4, 0.5) is 18.9 Å². The fraction of sp³-hybridized carbons (Fsp3) is 0.286. The maximum atomic E-state index is 12.8. The minimum atomic E-state index is -4.67. The minimum absolute atomic E-state index is 0.445. The predicted octanol–water partition coefficient (Wildman–Crippen LogP) is 3.31. The molecule has 0 atom stereocenters. The number of carbonyl (C=O) groups excluding carboxylic acids is 1. The number of nitrogens with one attached hydrogen (secondary N) is 1. The highest BCUT2D eigenvalue weighted by molar-refractivity contribution is 6.05. The molecule has 0 unspecified atom stereocenters. The van der Waals surface area contributed by atoms with Crippen LogP contribution in [-0.2, 0) is 13.2 Å². The first kappa shape index (κ1) is 15.1. The number of halogens is 3. The van der Waals surface area contributed by atoms with Gasteiger partial charge in [-0.05, 0) is 37.1 Å². The third kappa shape index (κ3) is 3.24. The van der Waals surface area contributed by atoms with Crippen LogP contribution in [0.5, 0.6) is 0 Å². The Morgan fingerprint density at radius 3 is 2.48 bits per heavy atom. The normalized spacial score (nSPS) is 11.5. The third-order valence-electron chi connectivity index (χ3n) is 3.11. The molecule has 0 saturated heterocycles. The van der Waals surface area contributed by atoms with Crippen molar-refractivity contribution in [3.05, 3.63) is 46.8 Å². The summed E-state index contributed by atoms with van der Waals surface area (Å²) < 4.78 is 39.4. The van der Waals surface area contributed by atoms with Crippen molar-refractivity contribution in [1.82, 2.24) is 9.78 Å². The van der Waals surface area contributed by atoms with Crippen molar-refractivity contribution in [1.29, 1.82) is 0 Å². The highest BCUT2D eigenvalue weighted by Gasteiger charge is 2.38. The molecular weight excluding hydrogens is 283 g/mol. The van der Waals surface area contributed by atoms with E-state index in [0.29, 0.717) is 5.69 Å². The molecule has 1 N–H and O–H groups in total. The molecule has 0 aliphatic rings. The maximum Gasteiger partial charge on any atom is 0.435 e. The summed E-state index contributed by atoms with van der Waals surface area (Å²) in [5.41, 5.74) is 0.732. The van der Waals surface area contributed by atoms with Gasteiger partial charge in [0.1, 0.15) is 0 Å². The molecule has 0 spiro atoms. The van der Waals surface area contributed by atoms with Crippen LogP contribution in [0.2, 0.25) is 0 Å². The van der Waals surface area contributed by atoms with Crippen LogP contribution >= 0.6 is 0 Å². The summed E-state index contributed by atoms with van der Waals surface area (Å²) in [5.74, 6) is -0.835. The molecule has 0 aliphatic carbocycles. The Bertz CT molecular complexity index is 689. The molecule has 2 rings (SSSR count). The second-order valence-corrected chi connectivity index (χ2v) is 4.82. The van der Waals surface area contributed by atoms with Gasteiger partial charge in [0.25, 0.3) is 5.91 Å². The van der Waals surface area contributed by atoms with E-state index in [2.05, 4.69) is 10.4 Å². The van der Waals surface area contributed by atoms with Gasteiger partial charge in [-0.15, -0.1) is 0 Å². The lowest BCUT2D eigenvalue weighted by molar-refractivity contribution is -0.141. The molecule has 4 nitrogen and oxygen atoms in total. The third-order valence-corrected chi connectivity index (χ3v) is 3.11. The second-order valence-electron chi connectivity index (χ2n) is 4.82. The Hall–Kier alpha value is -2.31. The van der Waals surface area contributed by atoms with Crippen LogP contribution in [0, 0.1) is 13.8 Å². The fourth-order valence-corrected chi connectivity index (χ4v) is 1.88. The van der Waals surface area contributed by atoms with Crippen LogP contribution in [0.15, 0.2) is 24.4 Å². The van der Waals surface area contributed by atoms with E-state index in [1.54, 1.807) is 18.2 Å². The number of benzene rings is 1. The summed E-state index contributed by atoms with van der Waals surface area (Å²) in [6.07, 6.45) is -3.61. The summed E-state index contributed by atoms with van der Waals surface area (Å²) in [7, 11) is 1.34. The van der Waals surface area contributed by atoms with E-state index in [-0.39, 0.29) is 0 Å². The lowest BCUT2D eigenvalue weighted by Crippen LogP contribution is -2.17. The smallest absolute Gasteiger partial charge is 0.322 e. The van der Waals surface area contributed by atoms with Gasteiger partial charge >= 0.3 is 6.18 Å². The van der Waals surface area contributed by atoms with Crippen molar-refractivity contribution < 1.29 is 18.0 Å². The topological polar surface area (TPSA) is 46.9 Å². The SMILES string of the molecule is Cc1ccc(NC(=O)c2cn(C)nc2C(F)(F)F)cc1C. The summed E-state index contributed by atoms with van der Waals surface area (Å²) >= 11 is 0. The lowest BCUT2D eigenvalue weighted by Gasteiger charge is -2.09. The molecule has 1 amide bonds. The van der Waals surface area contributed by atoms with Crippen molar-refractivity contribution >= 4 is 11.6 Å². The highest BCUT2D eigenvalue weighted by Crippen LogP contribution is 2.31. The fourth-order valence-electron chi connectivity index (χ4n) is 1.88. The number of anilines is 1. The number of hydrogen-bond acceptors (Lipinski definition) is 2. The van der Waals surface area contributed by atoms with Crippen molar-refractivity contribution in [2.24, 2.45) is 7.05 Å². The standard InChI is InChI=1S/C14H14F3N3O/c1-8-4-5-10(6-9(8)2)18-13(21)11-7-20(3)19-12(11)14(15,16)17/h4-7H,1-3H3,(H,18,21). The minimum Gasteiger partial charge on any atom is -0.322 e. The number of rotatable bonds is 2. The maximum absolute atomic E-state index is 12.8. The summed E-state index contributed by atoms with van der Waals surface area (Å²) in [6.45, 7) is 3.76. The van der Waals surface area contributed by atoms with Crippen molar-refractivity contribution in [2.45, 2.75) is 20.0 Å². The number of carbonyl (C=O) groups is 1. The lowest BCUT2D eigenvalue weighted by atomic mass is 10.1. The molecule has 112 valence electrons. The van der Waals surface area contributed by atoms with Crippen LogP contribution in [0.1, 0.15) is 27.2 Å². The molecule has 0 saturated carbocycles. The zero-order valence-electron chi connectivity index (χ0n) is 11.7. The average molecular weight is 297 g/mol. The van der Waals surface area contributed by atoms with E-state index >= 15 is 0 Å². The summed E-state index contributed by atoms with van der Waals surface area (Å²) in [4.78, 5) is 12.0. The molecule has 0 bridgehead atoms. The van der Waals surface area contributed by atoms with E-state index in [0.717, 1.165) is 22.0 Å². The van der Waals surface area contributed by atoms with Gasteiger partial charge in [-0.25, -0.2) is 0 Å². The highest BCUT2D eigenvalue weighted by atomic mass is 19.4. The van der Waals surface area contributed by atoms with E-state index in [1.165, 1.54) is 7.05 Å². The summed E-state index contributed by atoms with van der Waals surface area (Å²) in [6, 6.07) is 5.14. The second kappa shape index (κ2) is 5.23. The van der Waals surface area contributed by atoms with Crippen molar-refractivity contribution in [3.8, 4) is 0 Å². The van der Waals surface area contributed by atoms with Crippen molar-refractivity contribution in [3.63, 3.8) is 0 Å². The first-order chi connectivity index (χ1) is 9.68. The molecule has 0 aliphatic heterocycles. The van der Waals surface area contributed by atoms with Crippen LogP contribution < -0.4 is 5.32 Å². The number of amides is 1. The summed E-state index contributed by atoms with van der Waals surface area (Å²) in [5, 5.41) is 5.77. The molecular formula is C14H14F3N3O. The van der Waals surface area contributed by atoms with Gasteiger partial charge in [-0.1, -0.05) is 6.07 Å². The van der Waals surface area contributed by atoms with E-state index in [1.807, 2.05) is 13.8 Å². The average Bonchev–Trinajstić information content (AvgIpc) is 2.76. The number of alkyl halides is 3. The number of aryl methyl sites for hydroxylation is 3. The van der Waals surface area contributed by atoms with Crippen LogP contribution in [0.25, 0.3) is 0 Å². The van der Waals surface area contributed by atoms with E-state index in [9.17, 15) is 18.0 Å². The molecule has 1 aromatic carbocycles. The Kier molecular flexibility index (Phi) is 3.76. The van der Waals surface area contributed by atoms with Gasteiger partial charge in [0.05, 0.1) is 5.56 Å². The van der Waals surface area contributed by atoms with Gasteiger partial charge in [0, 0.05) is 18.9 Å². The van der Waals surface area contributed by atoms with Gasteiger partial charge < -0.3 is 5.32 Å². The number of nitrogens with zero attached hydrogens (tertiary/aromatic N) is 2. The predicted molar refractivity (Wildman–Crippen MR) is 72.1 cm³/mol. The van der Waals surface area contributed by atoms with E-state index < -0.39 is 23.3 Å². The van der Waals surface area contributed by atoms with Crippen LogP contribution in [-0.4, -0.2) is 15.7 Å². The molecule has 1 aromatic heterocycles. The van der Waals surface area contributed by atoms with Crippen LogP contribution in [0.3, 0.4) is 0 Å². The zero-order chi connectivity index (χ0) is 15.8. The Labute approximate surface area is 119 Å². The Morgan fingerprint density at radius 2 is 1.90 bits per heavy atom. The number of aromatic nitrogens is 2. The molecule has 2 aromatic rings. The molecule has 0 radical (unpaired) electrons. The number of hydrogen-bond donors (Lipinski definition) is 1.